The summed E-state index contributed by atoms with van der Waals surface area (Å²) in [5.74, 6) is 1.08. The second-order valence-electron chi connectivity index (χ2n) is 8.94. The molecule has 1 amide bonds. The van der Waals surface area contributed by atoms with Crippen molar-refractivity contribution >= 4 is 21.8 Å². The normalized spacial score (nSPS) is 19.2. The number of aromatic nitrogens is 1. The van der Waals surface area contributed by atoms with Crippen LogP contribution < -0.4 is 5.73 Å². The van der Waals surface area contributed by atoms with Crippen LogP contribution in [0.4, 0.5) is 0 Å². The lowest BCUT2D eigenvalue weighted by Crippen LogP contribution is -2.40. The van der Waals surface area contributed by atoms with Crippen LogP contribution in [0.3, 0.4) is 0 Å². The lowest BCUT2D eigenvalue weighted by molar-refractivity contribution is -0.132. The van der Waals surface area contributed by atoms with Crippen molar-refractivity contribution in [1.29, 1.82) is 0 Å². The molecule has 1 aliphatic carbocycles. The topological polar surface area (TPSA) is 59.2 Å². The molecule has 1 aromatic heterocycles. The third-order valence-corrected chi connectivity index (χ3v) is 7.25. The molecule has 1 atom stereocenters. The number of nitrogens with two attached hydrogens (primary N) is 1. The Morgan fingerprint density at radius 2 is 1.90 bits per heavy atom. The van der Waals surface area contributed by atoms with Gasteiger partial charge in [-0.15, -0.1) is 0 Å². The Hall–Kier alpha value is -1.72. The molecule has 1 aliphatic heterocycles. The number of hydrogen-bond acceptors (Lipinski definition) is 3. The standard InChI is InChI=1S/C25H32BrN3O/c1-16-12-17(2)23-19(13-16)5-6-20-14-21(26)15-28-25(20)24(23)18-7-10-29(11-8-18)22(30)4-3-9-27/h12-15,18,24H,3-11,27H2,1-2H3. The van der Waals surface area contributed by atoms with Crippen LogP contribution in [-0.2, 0) is 17.6 Å². The summed E-state index contributed by atoms with van der Waals surface area (Å²) in [6.07, 6.45) is 7.46. The molecule has 0 saturated carbocycles. The van der Waals surface area contributed by atoms with Crippen LogP contribution in [0.1, 0.15) is 65.1 Å². The number of amides is 1. The first-order valence-electron chi connectivity index (χ1n) is 11.2. The highest BCUT2D eigenvalue weighted by Gasteiger charge is 2.35. The number of fused-ring (bicyclic) bond motifs is 2. The minimum Gasteiger partial charge on any atom is -0.343 e. The number of piperidine rings is 1. The van der Waals surface area contributed by atoms with Crippen molar-refractivity contribution in [2.24, 2.45) is 11.7 Å². The van der Waals surface area contributed by atoms with Crippen LogP contribution in [0.2, 0.25) is 0 Å². The Bertz CT molecular complexity index is 934. The highest BCUT2D eigenvalue weighted by Crippen LogP contribution is 2.44. The van der Waals surface area contributed by atoms with Gasteiger partial charge in [0.1, 0.15) is 0 Å². The molecule has 1 aromatic carbocycles. The molecule has 0 spiro atoms. The zero-order valence-electron chi connectivity index (χ0n) is 18.1. The van der Waals surface area contributed by atoms with E-state index in [-0.39, 0.29) is 5.91 Å². The van der Waals surface area contributed by atoms with Gasteiger partial charge in [0.05, 0.1) is 5.69 Å². The number of nitrogens with zero attached hydrogens (tertiary/aromatic N) is 2. The van der Waals surface area contributed by atoms with Crippen molar-refractivity contribution < 1.29 is 4.79 Å². The van der Waals surface area contributed by atoms with Crippen LogP contribution in [-0.4, -0.2) is 35.4 Å². The van der Waals surface area contributed by atoms with Gasteiger partial charge in [-0.25, -0.2) is 0 Å². The fourth-order valence-corrected chi connectivity index (χ4v) is 5.83. The number of aryl methyl sites for hydroxylation is 4. The monoisotopic (exact) mass is 469 g/mol. The molecular formula is C25H32BrN3O. The van der Waals surface area contributed by atoms with Crippen LogP contribution in [0, 0.1) is 19.8 Å². The van der Waals surface area contributed by atoms with Gasteiger partial charge in [-0.05, 0) is 103 Å². The fourth-order valence-electron chi connectivity index (χ4n) is 5.45. The average Bonchev–Trinajstić information content (AvgIpc) is 2.89. The Morgan fingerprint density at radius 3 is 2.63 bits per heavy atom. The van der Waals surface area contributed by atoms with Gasteiger partial charge >= 0.3 is 0 Å². The first kappa shape index (κ1) is 21.5. The summed E-state index contributed by atoms with van der Waals surface area (Å²) in [6, 6.07) is 6.96. The van der Waals surface area contributed by atoms with Crippen LogP contribution in [0.15, 0.2) is 28.9 Å². The summed E-state index contributed by atoms with van der Waals surface area (Å²) >= 11 is 3.62. The molecular weight excluding hydrogens is 438 g/mol. The number of benzene rings is 1. The molecule has 4 nitrogen and oxygen atoms in total. The predicted octanol–water partition coefficient (Wildman–Crippen LogP) is 4.67. The maximum Gasteiger partial charge on any atom is 0.222 e. The maximum atomic E-state index is 12.5. The van der Waals surface area contributed by atoms with Crippen molar-refractivity contribution in [3.8, 4) is 0 Å². The lowest BCUT2D eigenvalue weighted by Gasteiger charge is -2.37. The molecule has 160 valence electrons. The summed E-state index contributed by atoms with van der Waals surface area (Å²) in [5.41, 5.74) is 13.9. The number of carbonyl (C=O) groups excluding carboxylic acids is 1. The van der Waals surface area contributed by atoms with E-state index in [2.05, 4.69) is 48.0 Å². The van der Waals surface area contributed by atoms with E-state index in [0.29, 0.717) is 24.8 Å². The smallest absolute Gasteiger partial charge is 0.222 e. The Labute approximate surface area is 188 Å². The molecule has 0 bridgehead atoms. The largest absolute Gasteiger partial charge is 0.343 e. The second kappa shape index (κ2) is 9.19. The second-order valence-corrected chi connectivity index (χ2v) is 9.86. The molecule has 0 radical (unpaired) electrons. The molecule has 1 unspecified atom stereocenters. The van der Waals surface area contributed by atoms with Crippen molar-refractivity contribution in [3.63, 3.8) is 0 Å². The Morgan fingerprint density at radius 1 is 1.17 bits per heavy atom. The predicted molar refractivity (Wildman–Crippen MR) is 125 cm³/mol. The number of rotatable bonds is 4. The minimum atomic E-state index is 0.259. The van der Waals surface area contributed by atoms with Gasteiger partial charge in [-0.2, -0.15) is 0 Å². The number of halogens is 1. The minimum absolute atomic E-state index is 0.259. The summed E-state index contributed by atoms with van der Waals surface area (Å²) in [6.45, 7) is 6.72. The van der Waals surface area contributed by atoms with Gasteiger partial charge in [-0.1, -0.05) is 17.7 Å². The Kier molecular flexibility index (Phi) is 6.59. The van der Waals surface area contributed by atoms with E-state index in [0.717, 1.165) is 49.7 Å². The third-order valence-electron chi connectivity index (χ3n) is 6.81. The van der Waals surface area contributed by atoms with Crippen LogP contribution in [0.25, 0.3) is 0 Å². The maximum absolute atomic E-state index is 12.5. The van der Waals surface area contributed by atoms with E-state index in [9.17, 15) is 4.79 Å². The fraction of sp³-hybridized carbons (Fsp3) is 0.520. The molecule has 30 heavy (non-hydrogen) atoms. The molecule has 2 heterocycles. The van der Waals surface area contributed by atoms with Gasteiger partial charge in [-0.3, -0.25) is 9.78 Å². The van der Waals surface area contributed by atoms with Gasteiger partial charge in [0.15, 0.2) is 0 Å². The zero-order chi connectivity index (χ0) is 21.3. The van der Waals surface area contributed by atoms with E-state index in [1.54, 1.807) is 0 Å². The molecule has 4 rings (SSSR count). The Balaban J connectivity index is 1.67. The SMILES string of the molecule is Cc1cc(C)c2c(c1)CCc1cc(Br)cnc1C2C1CCN(C(=O)CCCN)CC1. The highest BCUT2D eigenvalue weighted by atomic mass is 79.9. The van der Waals surface area contributed by atoms with Crippen LogP contribution >= 0.6 is 15.9 Å². The van der Waals surface area contributed by atoms with E-state index >= 15 is 0 Å². The molecule has 5 heteroatoms. The van der Waals surface area contributed by atoms with Gasteiger partial charge in [0.25, 0.3) is 0 Å². The summed E-state index contributed by atoms with van der Waals surface area (Å²) < 4.78 is 1.05. The first-order chi connectivity index (χ1) is 14.5. The van der Waals surface area contributed by atoms with E-state index in [4.69, 9.17) is 10.7 Å². The van der Waals surface area contributed by atoms with Crippen LogP contribution in [0.5, 0.6) is 0 Å². The van der Waals surface area contributed by atoms with Crippen molar-refractivity contribution in [3.05, 3.63) is 62.4 Å². The molecule has 1 fully saturated rings. The molecule has 2 aliphatic rings. The highest BCUT2D eigenvalue weighted by molar-refractivity contribution is 9.10. The average molecular weight is 470 g/mol. The van der Waals surface area contributed by atoms with E-state index in [1.165, 1.54) is 33.5 Å². The summed E-state index contributed by atoms with van der Waals surface area (Å²) in [4.78, 5) is 19.5. The summed E-state index contributed by atoms with van der Waals surface area (Å²) in [5, 5.41) is 0. The quantitative estimate of drug-likeness (QED) is 0.707. The lowest BCUT2D eigenvalue weighted by atomic mass is 9.75. The van der Waals surface area contributed by atoms with Gasteiger partial charge < -0.3 is 10.6 Å². The summed E-state index contributed by atoms with van der Waals surface area (Å²) in [7, 11) is 0. The first-order valence-corrected chi connectivity index (χ1v) is 12.0. The van der Waals surface area contributed by atoms with E-state index < -0.39 is 0 Å². The van der Waals surface area contributed by atoms with Crippen molar-refractivity contribution in [2.75, 3.05) is 19.6 Å². The zero-order valence-corrected chi connectivity index (χ0v) is 19.7. The van der Waals surface area contributed by atoms with Gasteiger partial charge in [0, 0.05) is 36.1 Å². The molecule has 2 aromatic rings. The van der Waals surface area contributed by atoms with Gasteiger partial charge in [0.2, 0.25) is 5.91 Å². The molecule has 2 N–H and O–H groups in total. The number of pyridine rings is 1. The van der Waals surface area contributed by atoms with Crippen molar-refractivity contribution in [1.82, 2.24) is 9.88 Å². The van der Waals surface area contributed by atoms with Crippen molar-refractivity contribution in [2.45, 2.75) is 58.3 Å². The molecule has 1 saturated heterocycles. The number of carbonyl (C=O) groups is 1. The third kappa shape index (κ3) is 4.33. The van der Waals surface area contributed by atoms with E-state index in [1.807, 2.05) is 11.1 Å². The number of likely N-dealkylation sites (tertiary alicyclic amines) is 1. The number of hydrogen-bond donors (Lipinski definition) is 1.